The molecule has 0 saturated carbocycles. The molecule has 2 aliphatic heterocycles. The Morgan fingerprint density at radius 2 is 2.41 bits per heavy atom. The lowest BCUT2D eigenvalue weighted by atomic mass is 9.88. The number of hydrogen-bond acceptors (Lipinski definition) is 4. The lowest BCUT2D eigenvalue weighted by Crippen LogP contribution is -2.47. The minimum atomic E-state index is 0.0232. The minimum Gasteiger partial charge on any atom is -0.371 e. The highest BCUT2D eigenvalue weighted by molar-refractivity contribution is 5.05. The van der Waals surface area contributed by atoms with E-state index in [1.807, 2.05) is 36.6 Å². The molecule has 6 heteroatoms. The van der Waals surface area contributed by atoms with E-state index in [1.165, 1.54) is 18.4 Å². The zero-order chi connectivity index (χ0) is 15.0. The molecule has 0 radical (unpaired) electrons. The second kappa shape index (κ2) is 5.52. The van der Waals surface area contributed by atoms with E-state index in [4.69, 9.17) is 4.74 Å². The van der Waals surface area contributed by atoms with Crippen LogP contribution in [0.25, 0.3) is 0 Å². The second-order valence-electron chi connectivity index (χ2n) is 6.70. The van der Waals surface area contributed by atoms with Crippen molar-refractivity contribution in [1.82, 2.24) is 24.2 Å². The maximum atomic E-state index is 6.28. The fraction of sp³-hybridized carbons (Fsp3) is 0.625. The van der Waals surface area contributed by atoms with Gasteiger partial charge in [-0.3, -0.25) is 9.58 Å². The highest BCUT2D eigenvalue weighted by atomic mass is 16.5. The molecule has 0 bridgehead atoms. The molecule has 4 heterocycles. The molecule has 0 N–H and O–H groups in total. The summed E-state index contributed by atoms with van der Waals surface area (Å²) in [5, 5.41) is 4.27. The van der Waals surface area contributed by atoms with Crippen molar-refractivity contribution in [2.45, 2.75) is 37.5 Å². The van der Waals surface area contributed by atoms with Crippen molar-refractivity contribution in [3.63, 3.8) is 0 Å². The Labute approximate surface area is 130 Å². The van der Waals surface area contributed by atoms with Gasteiger partial charge < -0.3 is 9.30 Å². The summed E-state index contributed by atoms with van der Waals surface area (Å²) in [7, 11) is 1.97. The molecule has 22 heavy (non-hydrogen) atoms. The quantitative estimate of drug-likeness (QED) is 0.864. The van der Waals surface area contributed by atoms with Gasteiger partial charge in [0.05, 0.1) is 30.8 Å². The molecule has 2 aromatic heterocycles. The fourth-order valence-corrected chi connectivity index (χ4v) is 3.92. The Bertz CT molecular complexity index is 622. The number of hydrogen-bond donors (Lipinski definition) is 0. The summed E-state index contributed by atoms with van der Waals surface area (Å²) in [6.07, 6.45) is 13.3. The van der Waals surface area contributed by atoms with Crippen LogP contribution in [-0.2, 0) is 18.3 Å². The zero-order valence-corrected chi connectivity index (χ0v) is 13.1. The number of imidazole rings is 1. The van der Waals surface area contributed by atoms with Gasteiger partial charge in [-0.05, 0) is 19.4 Å². The van der Waals surface area contributed by atoms with Gasteiger partial charge in [0.15, 0.2) is 0 Å². The Morgan fingerprint density at radius 3 is 3.18 bits per heavy atom. The molecule has 2 unspecified atom stereocenters. The van der Waals surface area contributed by atoms with Crippen molar-refractivity contribution < 1.29 is 4.74 Å². The van der Waals surface area contributed by atoms with Crippen LogP contribution in [0.5, 0.6) is 0 Å². The van der Waals surface area contributed by atoms with Gasteiger partial charge >= 0.3 is 0 Å². The topological polar surface area (TPSA) is 48.1 Å². The molecule has 1 spiro atoms. The van der Waals surface area contributed by atoms with Gasteiger partial charge in [0, 0.05) is 50.7 Å². The average Bonchev–Trinajstić information content (AvgIpc) is 3.21. The molecule has 2 aromatic rings. The predicted molar refractivity (Wildman–Crippen MR) is 82.3 cm³/mol. The van der Waals surface area contributed by atoms with E-state index in [2.05, 4.69) is 25.7 Å². The first-order valence-corrected chi connectivity index (χ1v) is 8.04. The van der Waals surface area contributed by atoms with Crippen LogP contribution in [0.4, 0.5) is 0 Å². The number of likely N-dealkylation sites (tertiary alicyclic amines) is 1. The smallest absolute Gasteiger partial charge is 0.0949 e. The molecule has 0 amide bonds. The van der Waals surface area contributed by atoms with Crippen LogP contribution in [0.2, 0.25) is 0 Å². The SMILES string of the molecule is Cn1cc(CN2CCCC3(CC(n4ccnc4)CO3)C2)cn1. The van der Waals surface area contributed by atoms with E-state index >= 15 is 0 Å². The molecule has 2 atom stereocenters. The summed E-state index contributed by atoms with van der Waals surface area (Å²) in [6.45, 7) is 3.94. The number of aryl methyl sites for hydroxylation is 1. The van der Waals surface area contributed by atoms with Crippen LogP contribution in [0.3, 0.4) is 0 Å². The second-order valence-corrected chi connectivity index (χ2v) is 6.70. The molecule has 0 aromatic carbocycles. The summed E-state index contributed by atoms with van der Waals surface area (Å²) in [6, 6.07) is 0.431. The molecule has 6 nitrogen and oxygen atoms in total. The Balaban J connectivity index is 1.42. The lowest BCUT2D eigenvalue weighted by molar-refractivity contribution is -0.0534. The predicted octanol–water partition coefficient (Wildman–Crippen LogP) is 1.61. The Morgan fingerprint density at radius 1 is 1.45 bits per heavy atom. The number of aromatic nitrogens is 4. The van der Waals surface area contributed by atoms with Crippen LogP contribution in [0.15, 0.2) is 31.1 Å². The van der Waals surface area contributed by atoms with Crippen molar-refractivity contribution in [2.24, 2.45) is 7.05 Å². The fourth-order valence-electron chi connectivity index (χ4n) is 3.92. The highest BCUT2D eigenvalue weighted by Gasteiger charge is 2.43. The Hall–Kier alpha value is -1.66. The van der Waals surface area contributed by atoms with Crippen molar-refractivity contribution >= 4 is 0 Å². The van der Waals surface area contributed by atoms with Gasteiger partial charge in [0.2, 0.25) is 0 Å². The summed E-state index contributed by atoms with van der Waals surface area (Å²) in [4.78, 5) is 6.67. The maximum absolute atomic E-state index is 6.28. The van der Waals surface area contributed by atoms with Crippen LogP contribution in [-0.4, -0.2) is 49.5 Å². The van der Waals surface area contributed by atoms with Gasteiger partial charge in [-0.15, -0.1) is 0 Å². The van der Waals surface area contributed by atoms with E-state index in [-0.39, 0.29) is 5.60 Å². The number of nitrogens with zero attached hydrogens (tertiary/aromatic N) is 5. The standard InChI is InChI=1S/C16H23N5O/c1-19-9-14(8-18-19)10-20-5-2-3-16(12-20)7-15(11-22-16)21-6-4-17-13-21/h4,6,8-9,13,15H,2-3,5,7,10-12H2,1H3. The molecule has 0 aliphatic carbocycles. The maximum Gasteiger partial charge on any atom is 0.0949 e. The number of ether oxygens (including phenoxy) is 1. The average molecular weight is 301 g/mol. The van der Waals surface area contributed by atoms with Gasteiger partial charge in [-0.2, -0.15) is 5.10 Å². The highest BCUT2D eigenvalue weighted by Crippen LogP contribution is 2.39. The van der Waals surface area contributed by atoms with E-state index in [1.54, 1.807) is 0 Å². The van der Waals surface area contributed by atoms with Crippen molar-refractivity contribution in [1.29, 1.82) is 0 Å². The van der Waals surface area contributed by atoms with Crippen LogP contribution in [0.1, 0.15) is 30.9 Å². The zero-order valence-electron chi connectivity index (χ0n) is 13.1. The van der Waals surface area contributed by atoms with E-state index in [0.29, 0.717) is 6.04 Å². The first-order valence-electron chi connectivity index (χ1n) is 8.04. The number of piperidine rings is 1. The van der Waals surface area contributed by atoms with E-state index in [9.17, 15) is 0 Å². The summed E-state index contributed by atoms with van der Waals surface area (Å²) in [5.74, 6) is 0. The molecular formula is C16H23N5O. The van der Waals surface area contributed by atoms with Crippen molar-refractivity contribution in [3.05, 3.63) is 36.7 Å². The minimum absolute atomic E-state index is 0.0232. The first-order chi connectivity index (χ1) is 10.7. The summed E-state index contributed by atoms with van der Waals surface area (Å²) in [5.41, 5.74) is 1.30. The third-order valence-electron chi connectivity index (χ3n) is 4.92. The summed E-state index contributed by atoms with van der Waals surface area (Å²) < 4.78 is 10.3. The van der Waals surface area contributed by atoms with Crippen LogP contribution >= 0.6 is 0 Å². The molecule has 2 fully saturated rings. The van der Waals surface area contributed by atoms with Crippen LogP contribution in [0, 0.1) is 0 Å². The molecule has 2 saturated heterocycles. The van der Waals surface area contributed by atoms with E-state index < -0.39 is 0 Å². The largest absolute Gasteiger partial charge is 0.371 e. The van der Waals surface area contributed by atoms with Gasteiger partial charge in [0.25, 0.3) is 0 Å². The molecule has 2 aliphatic rings. The molecule has 4 rings (SSSR count). The van der Waals surface area contributed by atoms with Gasteiger partial charge in [-0.1, -0.05) is 0 Å². The normalized spacial score (nSPS) is 29.4. The number of rotatable bonds is 3. The van der Waals surface area contributed by atoms with Crippen LogP contribution < -0.4 is 0 Å². The Kier molecular flexibility index (Phi) is 3.50. The third kappa shape index (κ3) is 2.68. The lowest BCUT2D eigenvalue weighted by Gasteiger charge is -2.39. The van der Waals surface area contributed by atoms with Crippen molar-refractivity contribution in [2.75, 3.05) is 19.7 Å². The van der Waals surface area contributed by atoms with E-state index in [0.717, 1.165) is 32.7 Å². The first kappa shape index (κ1) is 14.0. The van der Waals surface area contributed by atoms with Gasteiger partial charge in [-0.25, -0.2) is 4.98 Å². The summed E-state index contributed by atoms with van der Waals surface area (Å²) >= 11 is 0. The molecular weight excluding hydrogens is 278 g/mol. The molecule has 118 valence electrons. The monoisotopic (exact) mass is 301 g/mol. The third-order valence-corrected chi connectivity index (χ3v) is 4.92. The van der Waals surface area contributed by atoms with Crippen molar-refractivity contribution in [3.8, 4) is 0 Å². The van der Waals surface area contributed by atoms with Gasteiger partial charge in [0.1, 0.15) is 0 Å².